The van der Waals surface area contributed by atoms with Crippen molar-refractivity contribution in [2.75, 3.05) is 40.9 Å². The van der Waals surface area contributed by atoms with E-state index in [1.807, 2.05) is 21.1 Å². The Morgan fingerprint density at radius 1 is 0.583 bits per heavy atom. The van der Waals surface area contributed by atoms with Gasteiger partial charge in [-0.15, -0.1) is 0 Å². The third-order valence-electron chi connectivity index (χ3n) is 10.2. The van der Waals surface area contributed by atoms with Gasteiger partial charge in [-0.2, -0.15) is 0 Å². The Morgan fingerprint density at radius 2 is 1.00 bits per heavy atom. The van der Waals surface area contributed by atoms with Crippen LogP contribution in [0.25, 0.3) is 0 Å². The fourth-order valence-corrected chi connectivity index (χ4v) is 7.11. The molecule has 0 aromatic heterocycles. The molecule has 0 radical (unpaired) electrons. The molecule has 0 aromatic rings. The molecule has 0 spiro atoms. The molecular weight excluding hydrogens is 768 g/mol. The summed E-state index contributed by atoms with van der Waals surface area (Å²) in [4.78, 5) is 23.2. The lowest BCUT2D eigenvalue weighted by Gasteiger charge is -2.26. The van der Waals surface area contributed by atoms with Crippen LogP contribution in [-0.4, -0.2) is 73.4 Å². The van der Waals surface area contributed by atoms with Gasteiger partial charge in [-0.25, -0.2) is 4.57 Å². The lowest BCUT2D eigenvalue weighted by atomic mass is 10.0. The second kappa shape index (κ2) is 42.0. The molecular formula is C51H92N2O6P+. The number of phosphoric acid groups is 1. The largest absolute Gasteiger partial charge is 0.472 e. The number of carbonyl (C=O) groups excluding carboxylic acids is 1. The molecule has 0 aliphatic heterocycles. The highest BCUT2D eigenvalue weighted by Gasteiger charge is 2.28. The summed E-state index contributed by atoms with van der Waals surface area (Å²) < 4.78 is 23.6. The van der Waals surface area contributed by atoms with Crippen LogP contribution in [0.4, 0.5) is 0 Å². The number of carbonyl (C=O) groups is 1. The number of quaternary nitrogens is 1. The number of rotatable bonds is 42. The van der Waals surface area contributed by atoms with Gasteiger partial charge in [0.2, 0.25) is 5.91 Å². The van der Waals surface area contributed by atoms with Gasteiger partial charge in [0, 0.05) is 6.42 Å². The Morgan fingerprint density at radius 3 is 1.45 bits per heavy atom. The van der Waals surface area contributed by atoms with E-state index in [-0.39, 0.29) is 19.1 Å². The normalized spacial score (nSPS) is 15.0. The topological polar surface area (TPSA) is 105 Å². The van der Waals surface area contributed by atoms with E-state index in [4.69, 9.17) is 9.05 Å². The number of nitrogens with zero attached hydrogens (tertiary/aromatic N) is 1. The minimum Gasteiger partial charge on any atom is -0.391 e. The first-order valence-corrected chi connectivity index (χ1v) is 25.4. The van der Waals surface area contributed by atoms with Crippen molar-refractivity contribution >= 4 is 13.7 Å². The molecule has 0 rings (SSSR count). The second-order valence-corrected chi connectivity index (χ2v) is 18.6. The molecule has 8 nitrogen and oxygen atoms in total. The summed E-state index contributed by atoms with van der Waals surface area (Å²) in [5.41, 5.74) is 0. The summed E-state index contributed by atoms with van der Waals surface area (Å²) in [6, 6.07) is -0.783. The van der Waals surface area contributed by atoms with E-state index in [1.165, 1.54) is 64.2 Å². The van der Waals surface area contributed by atoms with Gasteiger partial charge in [0.15, 0.2) is 0 Å². The van der Waals surface area contributed by atoms with Crippen LogP contribution in [0, 0.1) is 0 Å². The van der Waals surface area contributed by atoms with Crippen molar-refractivity contribution in [1.29, 1.82) is 0 Å². The lowest BCUT2D eigenvalue weighted by Crippen LogP contribution is -2.46. The third-order valence-corrected chi connectivity index (χ3v) is 11.1. The highest BCUT2D eigenvalue weighted by molar-refractivity contribution is 7.47. The van der Waals surface area contributed by atoms with Crippen molar-refractivity contribution in [3.63, 3.8) is 0 Å². The maximum atomic E-state index is 12.9. The van der Waals surface area contributed by atoms with Gasteiger partial charge in [-0.1, -0.05) is 189 Å². The van der Waals surface area contributed by atoms with Gasteiger partial charge in [0.05, 0.1) is 39.9 Å². The summed E-state index contributed by atoms with van der Waals surface area (Å²) >= 11 is 0. The van der Waals surface area contributed by atoms with E-state index in [1.54, 1.807) is 0 Å². The predicted octanol–water partition coefficient (Wildman–Crippen LogP) is 13.7. The number of unbranched alkanes of at least 4 members (excludes halogenated alkanes) is 15. The Kier molecular flexibility index (Phi) is 40.4. The van der Waals surface area contributed by atoms with Crippen LogP contribution < -0.4 is 5.32 Å². The number of hydrogen-bond acceptors (Lipinski definition) is 5. The number of aliphatic hydroxyl groups is 1. The van der Waals surface area contributed by atoms with E-state index in [0.717, 1.165) is 89.9 Å². The third kappa shape index (κ3) is 43.8. The van der Waals surface area contributed by atoms with Crippen molar-refractivity contribution in [2.45, 2.75) is 193 Å². The van der Waals surface area contributed by atoms with Crippen LogP contribution in [0.15, 0.2) is 85.1 Å². The van der Waals surface area contributed by atoms with Gasteiger partial charge in [0.1, 0.15) is 13.2 Å². The molecule has 0 bridgehead atoms. The van der Waals surface area contributed by atoms with Gasteiger partial charge in [0.25, 0.3) is 0 Å². The Bertz CT molecular complexity index is 1250. The number of amides is 1. The molecule has 0 aliphatic rings. The van der Waals surface area contributed by atoms with E-state index in [9.17, 15) is 19.4 Å². The van der Waals surface area contributed by atoms with Gasteiger partial charge in [-0.3, -0.25) is 13.8 Å². The molecule has 3 unspecified atom stereocenters. The Hall–Kier alpha value is -2.32. The number of nitrogens with one attached hydrogen (secondary N) is 1. The van der Waals surface area contributed by atoms with Crippen molar-refractivity contribution in [3.8, 4) is 0 Å². The Labute approximate surface area is 369 Å². The van der Waals surface area contributed by atoms with Gasteiger partial charge < -0.3 is 19.8 Å². The monoisotopic (exact) mass is 860 g/mol. The number of allylic oxidation sites excluding steroid dienone is 14. The summed E-state index contributed by atoms with van der Waals surface area (Å²) in [5.74, 6) is -0.181. The van der Waals surface area contributed by atoms with Crippen molar-refractivity contribution in [1.82, 2.24) is 5.32 Å². The standard InChI is InChI=1S/C51H91N2O6P/c1-6-8-10-12-14-16-18-20-21-22-23-24-25-26-27-28-29-30-31-33-35-37-39-41-43-45-51(55)52-49(48-59-60(56,57)58-47-46-53(3,4)5)50(54)44-42-40-38-36-34-32-19-17-15-13-11-9-7-2/h8,10,14,16,20-21,23-24,26-27,29-30,33,35,49-50,54H,6-7,9,11-13,15,17-19,22,25,28,31-32,34,36-48H2,1-5H3,(H-,52,55,56,57)/p+1/b10-8-,16-14-,21-20-,24-23-,27-26-,30-29-,35-33-. The minimum absolute atomic E-state index is 0.0630. The molecule has 0 aromatic carbocycles. The fourth-order valence-electron chi connectivity index (χ4n) is 6.38. The first kappa shape index (κ1) is 57.7. The van der Waals surface area contributed by atoms with Crippen LogP contribution >= 0.6 is 7.82 Å². The lowest BCUT2D eigenvalue weighted by molar-refractivity contribution is -0.870. The molecule has 0 heterocycles. The summed E-state index contributed by atoms with van der Waals surface area (Å²) in [6.07, 6.45) is 57.6. The smallest absolute Gasteiger partial charge is 0.391 e. The summed E-state index contributed by atoms with van der Waals surface area (Å²) in [6.45, 7) is 4.72. The molecule has 3 N–H and O–H groups in total. The van der Waals surface area contributed by atoms with Crippen LogP contribution in [0.3, 0.4) is 0 Å². The zero-order valence-corrected chi connectivity index (χ0v) is 40.1. The Balaban J connectivity index is 4.38. The molecule has 0 saturated carbocycles. The quantitative estimate of drug-likeness (QED) is 0.0244. The highest BCUT2D eigenvalue weighted by atomic mass is 31.2. The van der Waals surface area contributed by atoms with Crippen LogP contribution in [-0.2, 0) is 18.4 Å². The number of phosphoric ester groups is 1. The second-order valence-electron chi connectivity index (χ2n) is 17.1. The number of likely N-dealkylation sites (N-methyl/N-ethyl adjacent to an activating group) is 1. The van der Waals surface area contributed by atoms with E-state index < -0.39 is 20.0 Å². The maximum absolute atomic E-state index is 12.9. The zero-order chi connectivity index (χ0) is 44.3. The van der Waals surface area contributed by atoms with Crippen molar-refractivity contribution < 1.29 is 32.9 Å². The van der Waals surface area contributed by atoms with E-state index in [0.29, 0.717) is 23.9 Å². The maximum Gasteiger partial charge on any atom is 0.472 e. The van der Waals surface area contributed by atoms with Crippen molar-refractivity contribution in [2.24, 2.45) is 0 Å². The summed E-state index contributed by atoms with van der Waals surface area (Å²) in [7, 11) is 1.58. The molecule has 60 heavy (non-hydrogen) atoms. The number of hydrogen-bond donors (Lipinski definition) is 3. The summed E-state index contributed by atoms with van der Waals surface area (Å²) in [5, 5.41) is 13.9. The molecule has 0 fully saturated rings. The SMILES string of the molecule is CC/C=C\C/C=C\C/C=C\C/C=C\C/C=C\C/C=C\C/C=C\CCCCCC(=O)NC(COP(=O)(O)OCC[N+](C)(C)C)C(O)CCCCCCCCCCCCCCC. The highest BCUT2D eigenvalue weighted by Crippen LogP contribution is 2.43. The minimum atomic E-state index is -4.33. The average Bonchev–Trinajstić information content (AvgIpc) is 3.20. The molecule has 346 valence electrons. The number of aliphatic hydroxyl groups excluding tert-OH is 1. The van der Waals surface area contributed by atoms with Crippen LogP contribution in [0.2, 0.25) is 0 Å². The van der Waals surface area contributed by atoms with Gasteiger partial charge >= 0.3 is 7.82 Å². The van der Waals surface area contributed by atoms with Crippen molar-refractivity contribution in [3.05, 3.63) is 85.1 Å². The predicted molar refractivity (Wildman–Crippen MR) is 258 cm³/mol. The van der Waals surface area contributed by atoms with Crippen LogP contribution in [0.1, 0.15) is 181 Å². The fraction of sp³-hybridized carbons (Fsp3) is 0.706. The van der Waals surface area contributed by atoms with E-state index >= 15 is 0 Å². The molecule has 0 saturated heterocycles. The molecule has 3 atom stereocenters. The first-order valence-electron chi connectivity index (χ1n) is 24.0. The molecule has 9 heteroatoms. The van der Waals surface area contributed by atoms with Gasteiger partial charge in [-0.05, 0) is 70.6 Å². The average molecular weight is 860 g/mol. The molecule has 0 aliphatic carbocycles. The zero-order valence-electron chi connectivity index (χ0n) is 39.2. The van der Waals surface area contributed by atoms with E-state index in [2.05, 4.69) is 104 Å². The molecule has 1 amide bonds. The first-order chi connectivity index (χ1) is 29.0. The van der Waals surface area contributed by atoms with Crippen LogP contribution in [0.5, 0.6) is 0 Å².